The lowest BCUT2D eigenvalue weighted by Gasteiger charge is -2.25. The van der Waals surface area contributed by atoms with E-state index >= 15 is 0 Å². The Labute approximate surface area is 139 Å². The number of aryl methyl sites for hydroxylation is 1. The number of esters is 1. The smallest absolute Gasteiger partial charge is 0.334 e. The summed E-state index contributed by atoms with van der Waals surface area (Å²) < 4.78 is 10.5. The summed E-state index contributed by atoms with van der Waals surface area (Å²) in [5.41, 5.74) is 2.27. The second kappa shape index (κ2) is 6.62. The summed E-state index contributed by atoms with van der Waals surface area (Å²) in [4.78, 5) is 24.3. The Kier molecular flexibility index (Phi) is 4.37. The van der Waals surface area contributed by atoms with E-state index in [-0.39, 0.29) is 12.3 Å². The van der Waals surface area contributed by atoms with Crippen molar-refractivity contribution in [3.63, 3.8) is 0 Å². The molecule has 1 aliphatic rings. The topological polar surface area (TPSA) is 76.7 Å². The van der Waals surface area contributed by atoms with Crippen LogP contribution in [0.4, 0.5) is 11.4 Å². The quantitative estimate of drug-likeness (QED) is 0.667. The average molecular weight is 326 g/mol. The molecular formula is C18H18N2O4. The molecule has 0 spiro atoms. The fourth-order valence-electron chi connectivity index (χ4n) is 2.54. The van der Waals surface area contributed by atoms with Gasteiger partial charge in [-0.05, 0) is 36.8 Å². The number of fused-ring (bicyclic) bond motifs is 1. The molecule has 0 saturated carbocycles. The van der Waals surface area contributed by atoms with Crippen molar-refractivity contribution in [3.05, 3.63) is 48.0 Å². The van der Waals surface area contributed by atoms with Crippen molar-refractivity contribution in [2.24, 2.45) is 0 Å². The lowest BCUT2D eigenvalue weighted by molar-refractivity contribution is -0.137. The molecule has 1 atom stereocenters. The van der Waals surface area contributed by atoms with E-state index in [4.69, 9.17) is 9.47 Å². The first-order chi connectivity index (χ1) is 11.6. The molecule has 0 bridgehead atoms. The highest BCUT2D eigenvalue weighted by Crippen LogP contribution is 2.30. The first-order valence-corrected chi connectivity index (χ1v) is 7.58. The normalized spacial score (nSPS) is 15.8. The predicted octanol–water partition coefficient (Wildman–Crippen LogP) is 2.73. The van der Waals surface area contributed by atoms with Crippen LogP contribution in [-0.2, 0) is 9.59 Å². The van der Waals surface area contributed by atoms with Gasteiger partial charge in [-0.1, -0.05) is 18.2 Å². The molecule has 6 heteroatoms. The summed E-state index contributed by atoms with van der Waals surface area (Å²) in [5, 5.41) is 5.82. The molecule has 124 valence electrons. The fourth-order valence-corrected chi connectivity index (χ4v) is 2.54. The maximum atomic E-state index is 12.3. The Hall–Kier alpha value is -3.02. The van der Waals surface area contributed by atoms with Crippen LogP contribution in [0, 0.1) is 6.92 Å². The highest BCUT2D eigenvalue weighted by Gasteiger charge is 2.29. The number of hydrogen-bond acceptors (Lipinski definition) is 5. The summed E-state index contributed by atoms with van der Waals surface area (Å²) in [5.74, 6) is 0.269. The molecule has 0 unspecified atom stereocenters. The average Bonchev–Trinajstić information content (AvgIpc) is 2.55. The zero-order valence-corrected chi connectivity index (χ0v) is 13.5. The number of carbonyl (C=O) groups excluding carboxylic acids is 2. The van der Waals surface area contributed by atoms with Crippen LogP contribution in [0.3, 0.4) is 0 Å². The van der Waals surface area contributed by atoms with E-state index in [0.29, 0.717) is 22.9 Å². The number of carbonyl (C=O) groups is 2. The zero-order chi connectivity index (χ0) is 17.1. The number of nitrogens with one attached hydrogen (secondary N) is 2. The number of methoxy groups -OCH3 is 1. The van der Waals surface area contributed by atoms with Crippen molar-refractivity contribution in [1.29, 1.82) is 0 Å². The number of amides is 1. The molecule has 0 aliphatic carbocycles. The second-order valence-corrected chi connectivity index (χ2v) is 5.57. The summed E-state index contributed by atoms with van der Waals surface area (Å²) >= 11 is 0. The molecule has 2 aromatic rings. The summed E-state index contributed by atoms with van der Waals surface area (Å²) in [6.07, 6.45) is -0.0374. The molecule has 0 saturated heterocycles. The number of hydrogen-bond donors (Lipinski definition) is 2. The first-order valence-electron chi connectivity index (χ1n) is 7.58. The zero-order valence-electron chi connectivity index (χ0n) is 13.5. The summed E-state index contributed by atoms with van der Waals surface area (Å²) in [7, 11) is 1.54. The maximum absolute atomic E-state index is 12.3. The van der Waals surface area contributed by atoms with Crippen molar-refractivity contribution < 1.29 is 19.1 Å². The third-order valence-electron chi connectivity index (χ3n) is 3.73. The Bertz CT molecular complexity index is 788. The molecule has 0 radical (unpaired) electrons. The number of ether oxygens (including phenoxy) is 2. The molecule has 1 amide bonds. The van der Waals surface area contributed by atoms with Gasteiger partial charge in [0.25, 0.3) is 0 Å². The minimum atomic E-state index is -0.726. The van der Waals surface area contributed by atoms with Gasteiger partial charge in [-0.25, -0.2) is 4.79 Å². The molecule has 24 heavy (non-hydrogen) atoms. The third kappa shape index (κ3) is 3.32. The minimum absolute atomic E-state index is 0.0374. The van der Waals surface area contributed by atoms with E-state index in [0.717, 1.165) is 5.56 Å². The van der Waals surface area contributed by atoms with Gasteiger partial charge in [-0.3, -0.25) is 4.79 Å². The molecule has 3 rings (SSSR count). The SMILES string of the molecule is COc1ccc(C)cc1NC(=O)C[C@H]1Nc2ccccc2OC1=O. The van der Waals surface area contributed by atoms with Crippen LogP contribution in [0.2, 0.25) is 0 Å². The maximum Gasteiger partial charge on any atom is 0.334 e. The van der Waals surface area contributed by atoms with Crippen molar-refractivity contribution in [2.75, 3.05) is 17.7 Å². The van der Waals surface area contributed by atoms with Crippen LogP contribution < -0.4 is 20.1 Å². The van der Waals surface area contributed by atoms with Crippen molar-refractivity contribution in [2.45, 2.75) is 19.4 Å². The largest absolute Gasteiger partial charge is 0.495 e. The van der Waals surface area contributed by atoms with Crippen LogP contribution in [-0.4, -0.2) is 25.0 Å². The van der Waals surface area contributed by atoms with E-state index in [2.05, 4.69) is 10.6 Å². The fraction of sp³-hybridized carbons (Fsp3) is 0.222. The lowest BCUT2D eigenvalue weighted by Crippen LogP contribution is -2.39. The Balaban J connectivity index is 1.70. The molecule has 1 heterocycles. The highest BCUT2D eigenvalue weighted by atomic mass is 16.5. The van der Waals surface area contributed by atoms with Crippen LogP contribution in [0.25, 0.3) is 0 Å². The molecular weight excluding hydrogens is 308 g/mol. The Morgan fingerprint density at radius 3 is 2.88 bits per heavy atom. The van der Waals surface area contributed by atoms with Gasteiger partial charge >= 0.3 is 5.97 Å². The third-order valence-corrected chi connectivity index (χ3v) is 3.73. The number of rotatable bonds is 4. The highest BCUT2D eigenvalue weighted by molar-refractivity contribution is 5.97. The van der Waals surface area contributed by atoms with Crippen molar-refractivity contribution in [1.82, 2.24) is 0 Å². The van der Waals surface area contributed by atoms with Gasteiger partial charge in [0, 0.05) is 0 Å². The van der Waals surface area contributed by atoms with Gasteiger partial charge in [-0.2, -0.15) is 0 Å². The van der Waals surface area contributed by atoms with Gasteiger partial charge in [0.15, 0.2) is 5.75 Å². The summed E-state index contributed by atoms with van der Waals surface area (Å²) in [6, 6.07) is 11.9. The van der Waals surface area contributed by atoms with Crippen LogP contribution >= 0.6 is 0 Å². The van der Waals surface area contributed by atoms with Gasteiger partial charge in [0.1, 0.15) is 11.8 Å². The molecule has 2 aromatic carbocycles. The molecule has 2 N–H and O–H groups in total. The lowest BCUT2D eigenvalue weighted by atomic mass is 10.1. The second-order valence-electron chi connectivity index (χ2n) is 5.57. The summed E-state index contributed by atoms with van der Waals surface area (Å²) in [6.45, 7) is 1.92. The van der Waals surface area contributed by atoms with E-state index < -0.39 is 12.0 Å². The Morgan fingerprint density at radius 1 is 1.29 bits per heavy atom. The van der Waals surface area contributed by atoms with E-state index in [1.807, 2.05) is 25.1 Å². The Morgan fingerprint density at radius 2 is 2.08 bits per heavy atom. The van der Waals surface area contributed by atoms with E-state index in [9.17, 15) is 9.59 Å². The van der Waals surface area contributed by atoms with E-state index in [1.165, 1.54) is 7.11 Å². The van der Waals surface area contributed by atoms with Gasteiger partial charge in [0.05, 0.1) is 24.9 Å². The predicted molar refractivity (Wildman–Crippen MR) is 90.5 cm³/mol. The van der Waals surface area contributed by atoms with Gasteiger partial charge in [-0.15, -0.1) is 0 Å². The number of benzene rings is 2. The number of para-hydroxylation sites is 2. The van der Waals surface area contributed by atoms with Crippen molar-refractivity contribution >= 4 is 23.3 Å². The van der Waals surface area contributed by atoms with Gasteiger partial charge in [0.2, 0.25) is 5.91 Å². The first kappa shape index (κ1) is 15.9. The van der Waals surface area contributed by atoms with E-state index in [1.54, 1.807) is 24.3 Å². The molecule has 0 fully saturated rings. The van der Waals surface area contributed by atoms with Crippen LogP contribution in [0.1, 0.15) is 12.0 Å². The van der Waals surface area contributed by atoms with Crippen LogP contribution in [0.5, 0.6) is 11.5 Å². The van der Waals surface area contributed by atoms with Gasteiger partial charge < -0.3 is 20.1 Å². The van der Waals surface area contributed by atoms with Crippen molar-refractivity contribution in [3.8, 4) is 11.5 Å². The molecule has 1 aliphatic heterocycles. The monoisotopic (exact) mass is 326 g/mol. The molecule has 0 aromatic heterocycles. The minimum Gasteiger partial charge on any atom is -0.495 e. The standard InChI is InChI=1S/C18H18N2O4/c1-11-7-8-15(23-2)13(9-11)20-17(21)10-14-18(22)24-16-6-4-3-5-12(16)19-14/h3-9,14,19H,10H2,1-2H3,(H,20,21)/t14-/m1/s1. The number of anilines is 2. The van der Waals surface area contributed by atoms with Crippen LogP contribution in [0.15, 0.2) is 42.5 Å². The molecule has 6 nitrogen and oxygen atoms in total.